The molecule has 0 unspecified atom stereocenters. The predicted octanol–water partition coefficient (Wildman–Crippen LogP) is 3.50. The fourth-order valence-electron chi connectivity index (χ4n) is 3.69. The van der Waals surface area contributed by atoms with Gasteiger partial charge < -0.3 is 15.2 Å². The number of para-hydroxylation sites is 1. The molecular weight excluding hydrogens is 324 g/mol. The van der Waals surface area contributed by atoms with Gasteiger partial charge in [0.15, 0.2) is 0 Å². The molecule has 1 aromatic carbocycles. The molecule has 0 aliphatic heterocycles. The van der Waals surface area contributed by atoms with Gasteiger partial charge in [-0.3, -0.25) is 4.79 Å². The first-order valence-corrected chi connectivity index (χ1v) is 9.36. The van der Waals surface area contributed by atoms with Crippen molar-refractivity contribution in [2.75, 3.05) is 13.6 Å². The van der Waals surface area contributed by atoms with E-state index in [2.05, 4.69) is 22.4 Å². The summed E-state index contributed by atoms with van der Waals surface area (Å²) >= 11 is 0. The summed E-state index contributed by atoms with van der Waals surface area (Å²) in [7, 11) is 1.81. The van der Waals surface area contributed by atoms with Crippen LogP contribution in [0.4, 0.5) is 0 Å². The van der Waals surface area contributed by atoms with E-state index in [9.17, 15) is 10.1 Å². The lowest BCUT2D eigenvalue weighted by Gasteiger charge is -2.31. The number of nitrogens with one attached hydrogen (secondary N) is 2. The Balaban J connectivity index is 1.55. The van der Waals surface area contributed by atoms with Crippen molar-refractivity contribution in [3.8, 4) is 6.07 Å². The average Bonchev–Trinajstić information content (AvgIpc) is 3.11. The number of aromatic nitrogens is 1. The minimum absolute atomic E-state index is 0.178. The third kappa shape index (κ3) is 4.08. The molecule has 1 aromatic heterocycles. The van der Waals surface area contributed by atoms with Crippen molar-refractivity contribution in [2.24, 2.45) is 0 Å². The van der Waals surface area contributed by atoms with E-state index < -0.39 is 0 Å². The van der Waals surface area contributed by atoms with Gasteiger partial charge in [-0.15, -0.1) is 0 Å². The molecule has 1 heterocycles. The molecule has 0 radical (unpaired) electrons. The van der Waals surface area contributed by atoms with Crippen LogP contribution in [0.1, 0.15) is 37.7 Å². The molecule has 5 heteroatoms. The van der Waals surface area contributed by atoms with Gasteiger partial charge in [0, 0.05) is 42.9 Å². The number of hydrogen-bond acceptors (Lipinski definition) is 3. The minimum atomic E-state index is -0.181. The molecule has 0 spiro atoms. The van der Waals surface area contributed by atoms with Crippen molar-refractivity contribution in [2.45, 2.75) is 44.6 Å². The van der Waals surface area contributed by atoms with Crippen LogP contribution in [0.2, 0.25) is 0 Å². The number of nitrogens with zero attached hydrogens (tertiary/aromatic N) is 2. The number of hydrogen-bond donors (Lipinski definition) is 2. The number of rotatable bonds is 6. The summed E-state index contributed by atoms with van der Waals surface area (Å²) in [6, 6.07) is 10.5. The molecule has 1 aliphatic rings. The van der Waals surface area contributed by atoms with Gasteiger partial charge in [0.1, 0.15) is 11.6 Å². The quantitative estimate of drug-likeness (QED) is 0.476. The van der Waals surface area contributed by atoms with Gasteiger partial charge in [0.2, 0.25) is 0 Å². The Hall–Kier alpha value is -2.74. The first kappa shape index (κ1) is 18.1. The summed E-state index contributed by atoms with van der Waals surface area (Å²) in [5.74, 6) is -0.181. The molecule has 2 aromatic rings. The standard InChI is InChI=1S/C21H26N4O/c1-25(18-7-3-2-4-8-18)21(26)17(13-22)14-23-12-11-16-15-24-20-10-6-5-9-19(16)20/h5-6,9-10,14-15,18,23-24H,2-4,7-8,11-12H2,1H3/b17-14-. The minimum Gasteiger partial charge on any atom is -0.389 e. The Bertz CT molecular complexity index is 824. The molecule has 136 valence electrons. The average molecular weight is 350 g/mol. The summed E-state index contributed by atoms with van der Waals surface area (Å²) in [6.07, 6.45) is 10.1. The van der Waals surface area contributed by atoms with Gasteiger partial charge in [-0.25, -0.2) is 0 Å². The third-order valence-corrected chi connectivity index (χ3v) is 5.25. The molecule has 1 aliphatic carbocycles. The van der Waals surface area contributed by atoms with Gasteiger partial charge in [0.25, 0.3) is 5.91 Å². The number of nitriles is 1. The zero-order chi connectivity index (χ0) is 18.4. The molecule has 3 rings (SSSR count). The van der Waals surface area contributed by atoms with Gasteiger partial charge in [0.05, 0.1) is 0 Å². The Morgan fingerprint density at radius 3 is 2.88 bits per heavy atom. The summed E-state index contributed by atoms with van der Waals surface area (Å²) in [5.41, 5.74) is 2.53. The lowest BCUT2D eigenvalue weighted by Crippen LogP contribution is -2.39. The highest BCUT2D eigenvalue weighted by atomic mass is 16.2. The fourth-order valence-corrected chi connectivity index (χ4v) is 3.69. The monoisotopic (exact) mass is 350 g/mol. The number of H-pyrrole nitrogens is 1. The van der Waals surface area contributed by atoms with Crippen LogP contribution in [-0.2, 0) is 11.2 Å². The number of benzene rings is 1. The lowest BCUT2D eigenvalue weighted by molar-refractivity contribution is -0.128. The topological polar surface area (TPSA) is 71.9 Å². The smallest absolute Gasteiger partial charge is 0.265 e. The Labute approximate surface area is 154 Å². The molecule has 26 heavy (non-hydrogen) atoms. The maximum atomic E-state index is 12.6. The second-order valence-corrected chi connectivity index (χ2v) is 6.94. The molecule has 1 fully saturated rings. The molecule has 0 bridgehead atoms. The van der Waals surface area contributed by atoms with Gasteiger partial charge in [-0.2, -0.15) is 5.26 Å². The molecule has 0 atom stereocenters. The van der Waals surface area contributed by atoms with Crippen LogP contribution in [0.5, 0.6) is 0 Å². The largest absolute Gasteiger partial charge is 0.389 e. The van der Waals surface area contributed by atoms with E-state index in [1.54, 1.807) is 11.1 Å². The first-order chi connectivity index (χ1) is 12.7. The summed E-state index contributed by atoms with van der Waals surface area (Å²) in [4.78, 5) is 17.6. The number of likely N-dealkylation sites (N-methyl/N-ethyl adjacent to an activating group) is 1. The van der Waals surface area contributed by atoms with Crippen molar-refractivity contribution in [3.63, 3.8) is 0 Å². The number of aromatic amines is 1. The molecular formula is C21H26N4O. The molecule has 1 amide bonds. The normalized spacial score (nSPS) is 15.6. The van der Waals surface area contributed by atoms with Crippen molar-refractivity contribution >= 4 is 16.8 Å². The van der Waals surface area contributed by atoms with E-state index in [1.165, 1.54) is 17.4 Å². The van der Waals surface area contributed by atoms with E-state index in [4.69, 9.17) is 0 Å². The number of fused-ring (bicyclic) bond motifs is 1. The Morgan fingerprint density at radius 2 is 2.12 bits per heavy atom. The molecule has 1 saturated carbocycles. The van der Waals surface area contributed by atoms with Gasteiger partial charge >= 0.3 is 0 Å². The van der Waals surface area contributed by atoms with Crippen molar-refractivity contribution in [1.82, 2.24) is 15.2 Å². The highest BCUT2D eigenvalue weighted by molar-refractivity contribution is 5.97. The lowest BCUT2D eigenvalue weighted by atomic mass is 9.94. The van der Waals surface area contributed by atoms with E-state index in [0.717, 1.165) is 37.6 Å². The molecule has 2 N–H and O–H groups in total. The maximum Gasteiger partial charge on any atom is 0.265 e. The summed E-state index contributed by atoms with van der Waals surface area (Å²) < 4.78 is 0. The summed E-state index contributed by atoms with van der Waals surface area (Å²) in [6.45, 7) is 0.674. The maximum absolute atomic E-state index is 12.6. The Morgan fingerprint density at radius 1 is 1.35 bits per heavy atom. The van der Waals surface area contributed by atoms with Crippen LogP contribution >= 0.6 is 0 Å². The number of carbonyl (C=O) groups is 1. The predicted molar refractivity (Wildman–Crippen MR) is 103 cm³/mol. The van der Waals surface area contributed by atoms with Crippen LogP contribution in [-0.4, -0.2) is 35.4 Å². The Kier molecular flexibility index (Phi) is 5.96. The highest BCUT2D eigenvalue weighted by Gasteiger charge is 2.24. The van der Waals surface area contributed by atoms with Crippen LogP contribution in [0.25, 0.3) is 10.9 Å². The first-order valence-electron chi connectivity index (χ1n) is 9.36. The van der Waals surface area contributed by atoms with Crippen molar-refractivity contribution in [3.05, 3.63) is 47.8 Å². The molecule has 0 saturated heterocycles. The second kappa shape index (κ2) is 8.57. The van der Waals surface area contributed by atoms with Crippen molar-refractivity contribution in [1.29, 1.82) is 5.26 Å². The SMILES string of the molecule is CN(C(=O)/C(C#N)=C\NCCc1c[nH]c2ccccc12)C1CCCCC1. The van der Waals surface area contributed by atoms with E-state index in [0.29, 0.717) is 6.54 Å². The van der Waals surface area contributed by atoms with Crippen molar-refractivity contribution < 1.29 is 4.79 Å². The third-order valence-electron chi connectivity index (χ3n) is 5.25. The van der Waals surface area contributed by atoms with Gasteiger partial charge in [-0.05, 0) is 30.9 Å². The van der Waals surface area contributed by atoms with E-state index in [-0.39, 0.29) is 17.5 Å². The van der Waals surface area contributed by atoms with Crippen LogP contribution < -0.4 is 5.32 Å². The number of carbonyl (C=O) groups excluding carboxylic acids is 1. The van der Waals surface area contributed by atoms with E-state index in [1.807, 2.05) is 31.4 Å². The second-order valence-electron chi connectivity index (χ2n) is 6.94. The van der Waals surface area contributed by atoms with Crippen LogP contribution in [0.15, 0.2) is 42.2 Å². The van der Waals surface area contributed by atoms with E-state index >= 15 is 0 Å². The van der Waals surface area contributed by atoms with Crippen LogP contribution in [0, 0.1) is 11.3 Å². The highest BCUT2D eigenvalue weighted by Crippen LogP contribution is 2.22. The zero-order valence-electron chi connectivity index (χ0n) is 15.3. The number of amides is 1. The van der Waals surface area contributed by atoms with Crippen LogP contribution in [0.3, 0.4) is 0 Å². The van der Waals surface area contributed by atoms with Gasteiger partial charge in [-0.1, -0.05) is 37.5 Å². The molecule has 5 nitrogen and oxygen atoms in total. The zero-order valence-corrected chi connectivity index (χ0v) is 15.3. The summed E-state index contributed by atoms with van der Waals surface area (Å²) in [5, 5.41) is 13.7. The fraction of sp³-hybridized carbons (Fsp3) is 0.429.